The number of nitrogens with one attached hydrogen (secondary N) is 1. The Morgan fingerprint density at radius 2 is 2.55 bits per heavy atom. The second-order valence-corrected chi connectivity index (χ2v) is 1.95. The molecule has 1 atom stereocenters. The summed E-state index contributed by atoms with van der Waals surface area (Å²) in [6, 6.07) is -0.196. The Morgan fingerprint density at radius 1 is 1.91 bits per heavy atom. The van der Waals surface area contributed by atoms with E-state index >= 15 is 0 Å². The molecule has 6 nitrogen and oxygen atoms in total. The Morgan fingerprint density at radius 3 is 3.00 bits per heavy atom. The molecular formula is C5H10N4O2. The van der Waals surface area contributed by atoms with Crippen molar-refractivity contribution in [1.29, 1.82) is 0 Å². The molecule has 0 aliphatic carbocycles. The maximum atomic E-state index is 10.5. The van der Waals surface area contributed by atoms with E-state index in [0.29, 0.717) is 0 Å². The van der Waals surface area contributed by atoms with Crippen LogP contribution in [0.1, 0.15) is 6.92 Å². The number of carbonyl (C=O) groups is 1. The predicted octanol–water partition coefficient (Wildman–Crippen LogP) is 1.04. The molecule has 0 rings (SSSR count). The number of ether oxygens (including phenoxy) is 1. The summed E-state index contributed by atoms with van der Waals surface area (Å²) in [6.07, 6.45) is -0.523. The topological polar surface area (TPSA) is 87.1 Å². The van der Waals surface area contributed by atoms with Crippen LogP contribution in [0, 0.1) is 0 Å². The van der Waals surface area contributed by atoms with E-state index in [1.807, 2.05) is 0 Å². The third-order valence-electron chi connectivity index (χ3n) is 0.968. The van der Waals surface area contributed by atoms with Crippen molar-refractivity contribution in [2.75, 3.05) is 13.7 Å². The average Bonchev–Trinajstić information content (AvgIpc) is 2.00. The summed E-state index contributed by atoms with van der Waals surface area (Å²) in [5.41, 5.74) is 7.92. The van der Waals surface area contributed by atoms with Gasteiger partial charge in [0.05, 0.1) is 7.11 Å². The van der Waals surface area contributed by atoms with Crippen LogP contribution >= 0.6 is 0 Å². The van der Waals surface area contributed by atoms with Crippen molar-refractivity contribution in [2.24, 2.45) is 5.11 Å². The quantitative estimate of drug-likeness (QED) is 0.378. The molecule has 1 amide bonds. The van der Waals surface area contributed by atoms with Crippen LogP contribution in [0.15, 0.2) is 5.11 Å². The zero-order chi connectivity index (χ0) is 8.69. The number of azide groups is 1. The van der Waals surface area contributed by atoms with E-state index in [2.05, 4.69) is 20.1 Å². The molecule has 0 fully saturated rings. The summed E-state index contributed by atoms with van der Waals surface area (Å²) >= 11 is 0. The monoisotopic (exact) mass is 158 g/mol. The SMILES string of the molecule is COC(=O)NC(C)CN=[N+]=[N-]. The first kappa shape index (κ1) is 9.58. The summed E-state index contributed by atoms with van der Waals surface area (Å²) in [7, 11) is 1.27. The van der Waals surface area contributed by atoms with Crippen LogP contribution in [0.5, 0.6) is 0 Å². The van der Waals surface area contributed by atoms with Gasteiger partial charge in [0, 0.05) is 17.5 Å². The highest BCUT2D eigenvalue weighted by atomic mass is 16.5. The average molecular weight is 158 g/mol. The molecule has 0 aromatic heterocycles. The predicted molar refractivity (Wildman–Crippen MR) is 39.0 cm³/mol. The minimum atomic E-state index is -0.523. The number of hydrogen-bond donors (Lipinski definition) is 1. The van der Waals surface area contributed by atoms with Crippen LogP contribution in [0.4, 0.5) is 4.79 Å². The zero-order valence-corrected chi connectivity index (χ0v) is 6.44. The molecule has 1 unspecified atom stereocenters. The molecule has 1 N–H and O–H groups in total. The van der Waals surface area contributed by atoms with Crippen LogP contribution in [0.25, 0.3) is 10.4 Å². The van der Waals surface area contributed by atoms with Gasteiger partial charge < -0.3 is 10.1 Å². The van der Waals surface area contributed by atoms with Crippen molar-refractivity contribution >= 4 is 6.09 Å². The fourth-order valence-electron chi connectivity index (χ4n) is 0.465. The van der Waals surface area contributed by atoms with E-state index in [1.165, 1.54) is 7.11 Å². The lowest BCUT2D eigenvalue weighted by Gasteiger charge is -2.08. The highest BCUT2D eigenvalue weighted by molar-refractivity contribution is 5.67. The highest BCUT2D eigenvalue weighted by Crippen LogP contribution is 1.84. The molecule has 0 radical (unpaired) electrons. The van der Waals surface area contributed by atoms with E-state index in [-0.39, 0.29) is 12.6 Å². The zero-order valence-electron chi connectivity index (χ0n) is 6.44. The van der Waals surface area contributed by atoms with Gasteiger partial charge in [-0.3, -0.25) is 0 Å². The van der Waals surface area contributed by atoms with E-state index < -0.39 is 6.09 Å². The number of methoxy groups -OCH3 is 1. The van der Waals surface area contributed by atoms with E-state index in [0.717, 1.165) is 0 Å². The second kappa shape index (κ2) is 5.37. The Bertz CT molecular complexity index is 175. The summed E-state index contributed by atoms with van der Waals surface area (Å²) in [5.74, 6) is 0. The van der Waals surface area contributed by atoms with Gasteiger partial charge in [-0.15, -0.1) is 0 Å². The summed E-state index contributed by atoms with van der Waals surface area (Å²) in [5, 5.41) is 5.71. The van der Waals surface area contributed by atoms with E-state index in [1.54, 1.807) is 6.92 Å². The molecule has 0 saturated carbocycles. The van der Waals surface area contributed by atoms with Crippen LogP contribution in [0.3, 0.4) is 0 Å². The van der Waals surface area contributed by atoms with Gasteiger partial charge in [-0.1, -0.05) is 5.11 Å². The van der Waals surface area contributed by atoms with Gasteiger partial charge >= 0.3 is 6.09 Å². The fourth-order valence-corrected chi connectivity index (χ4v) is 0.465. The molecule has 0 aromatic carbocycles. The summed E-state index contributed by atoms with van der Waals surface area (Å²) < 4.78 is 4.32. The maximum absolute atomic E-state index is 10.5. The molecule has 62 valence electrons. The smallest absolute Gasteiger partial charge is 0.407 e. The van der Waals surface area contributed by atoms with Crippen LogP contribution in [0.2, 0.25) is 0 Å². The van der Waals surface area contributed by atoms with Crippen molar-refractivity contribution < 1.29 is 9.53 Å². The summed E-state index contributed by atoms with van der Waals surface area (Å²) in [4.78, 5) is 13.1. The van der Waals surface area contributed by atoms with Crippen LogP contribution < -0.4 is 5.32 Å². The minimum absolute atomic E-state index is 0.196. The summed E-state index contributed by atoms with van der Waals surface area (Å²) in [6.45, 7) is 1.94. The Balaban J connectivity index is 3.59. The first-order chi connectivity index (χ1) is 5.20. The first-order valence-electron chi connectivity index (χ1n) is 3.06. The molecule has 0 saturated heterocycles. The second-order valence-electron chi connectivity index (χ2n) is 1.95. The van der Waals surface area contributed by atoms with Gasteiger partial charge in [-0.05, 0) is 12.5 Å². The van der Waals surface area contributed by atoms with Gasteiger partial charge in [0.25, 0.3) is 0 Å². The molecule has 6 heteroatoms. The molecule has 0 aromatic rings. The lowest BCUT2D eigenvalue weighted by atomic mass is 10.3. The van der Waals surface area contributed by atoms with Gasteiger partial charge in [0.15, 0.2) is 0 Å². The number of hydrogen-bond acceptors (Lipinski definition) is 3. The first-order valence-corrected chi connectivity index (χ1v) is 3.06. The van der Waals surface area contributed by atoms with Crippen LogP contribution in [-0.2, 0) is 4.74 Å². The molecule has 0 aliphatic heterocycles. The van der Waals surface area contributed by atoms with Gasteiger partial charge in [0.1, 0.15) is 0 Å². The third-order valence-corrected chi connectivity index (χ3v) is 0.968. The largest absolute Gasteiger partial charge is 0.453 e. The molecular weight excluding hydrogens is 148 g/mol. The molecule has 0 heterocycles. The van der Waals surface area contributed by atoms with Gasteiger partial charge in [-0.2, -0.15) is 0 Å². The van der Waals surface area contributed by atoms with Crippen molar-refractivity contribution in [3.63, 3.8) is 0 Å². The Hall–Kier alpha value is -1.42. The van der Waals surface area contributed by atoms with Gasteiger partial charge in [0.2, 0.25) is 0 Å². The maximum Gasteiger partial charge on any atom is 0.407 e. The van der Waals surface area contributed by atoms with E-state index in [9.17, 15) is 4.79 Å². The molecule has 0 bridgehead atoms. The molecule has 11 heavy (non-hydrogen) atoms. The van der Waals surface area contributed by atoms with Crippen molar-refractivity contribution in [2.45, 2.75) is 13.0 Å². The van der Waals surface area contributed by atoms with Gasteiger partial charge in [-0.25, -0.2) is 4.79 Å². The number of alkyl carbamates (subject to hydrolysis) is 1. The third kappa shape index (κ3) is 5.05. The lowest BCUT2D eigenvalue weighted by molar-refractivity contribution is 0.168. The number of carbonyl (C=O) groups excluding carboxylic acids is 1. The Labute approximate surface area is 64.2 Å². The minimum Gasteiger partial charge on any atom is -0.453 e. The van der Waals surface area contributed by atoms with Crippen molar-refractivity contribution in [3.05, 3.63) is 10.4 Å². The number of amides is 1. The molecule has 0 spiro atoms. The normalized spacial score (nSPS) is 11.1. The number of nitrogens with zero attached hydrogens (tertiary/aromatic N) is 3. The van der Waals surface area contributed by atoms with Crippen LogP contribution in [-0.4, -0.2) is 25.8 Å². The van der Waals surface area contributed by atoms with Crippen molar-refractivity contribution in [1.82, 2.24) is 5.32 Å². The number of rotatable bonds is 3. The molecule has 0 aliphatic rings. The Kier molecular flexibility index (Phi) is 4.68. The van der Waals surface area contributed by atoms with E-state index in [4.69, 9.17) is 5.53 Å². The highest BCUT2D eigenvalue weighted by Gasteiger charge is 2.03. The lowest BCUT2D eigenvalue weighted by Crippen LogP contribution is -2.34. The van der Waals surface area contributed by atoms with Crippen molar-refractivity contribution in [3.8, 4) is 0 Å². The standard InChI is InChI=1S/C5H10N4O2/c1-4(3-7-9-6)8-5(10)11-2/h4H,3H2,1-2H3,(H,8,10). The fraction of sp³-hybridized carbons (Fsp3) is 0.800.